The molecule has 0 unspecified atom stereocenters. The van der Waals surface area contributed by atoms with Crippen LogP contribution in [0.15, 0.2) is 6.20 Å². The van der Waals surface area contributed by atoms with E-state index in [0.717, 1.165) is 37.7 Å². The molecule has 1 aliphatic rings. The van der Waals surface area contributed by atoms with Crippen molar-refractivity contribution < 1.29 is 8.42 Å². The smallest absolute Gasteiger partial charge is 0.262 e. The molecule has 2 rings (SSSR count). The van der Waals surface area contributed by atoms with Crippen LogP contribution >= 0.6 is 0 Å². The SMILES string of the molecule is CCc1cn[nH]c1NS(=O)(=O)N1CCCCCC1. The van der Waals surface area contributed by atoms with Gasteiger partial charge in [0.05, 0.1) is 6.20 Å². The molecule has 2 heterocycles. The van der Waals surface area contributed by atoms with E-state index in [9.17, 15) is 8.42 Å². The zero-order chi connectivity index (χ0) is 13.0. The second-order valence-corrected chi connectivity index (χ2v) is 6.21. The van der Waals surface area contributed by atoms with Crippen LogP contribution in [0.4, 0.5) is 5.82 Å². The fraction of sp³-hybridized carbons (Fsp3) is 0.727. The molecule has 18 heavy (non-hydrogen) atoms. The Bertz CT molecular complexity index is 475. The molecule has 6 nitrogen and oxygen atoms in total. The first-order chi connectivity index (χ1) is 8.63. The molecule has 1 saturated heterocycles. The zero-order valence-electron chi connectivity index (χ0n) is 10.6. The van der Waals surface area contributed by atoms with Gasteiger partial charge in [0.15, 0.2) is 0 Å². The van der Waals surface area contributed by atoms with Crippen LogP contribution in [0.1, 0.15) is 38.2 Å². The van der Waals surface area contributed by atoms with Gasteiger partial charge in [-0.1, -0.05) is 19.8 Å². The van der Waals surface area contributed by atoms with Gasteiger partial charge in [0.1, 0.15) is 5.82 Å². The second-order valence-electron chi connectivity index (χ2n) is 4.54. The normalized spacial score (nSPS) is 18.5. The maximum absolute atomic E-state index is 12.2. The summed E-state index contributed by atoms with van der Waals surface area (Å²) in [5, 5.41) is 6.57. The average molecular weight is 272 g/mol. The van der Waals surface area contributed by atoms with Crippen molar-refractivity contribution >= 4 is 16.0 Å². The van der Waals surface area contributed by atoms with Gasteiger partial charge in [-0.2, -0.15) is 17.8 Å². The van der Waals surface area contributed by atoms with Crippen molar-refractivity contribution in [2.75, 3.05) is 17.8 Å². The van der Waals surface area contributed by atoms with E-state index in [4.69, 9.17) is 0 Å². The molecule has 0 amide bonds. The molecule has 7 heteroatoms. The first-order valence-electron chi connectivity index (χ1n) is 6.43. The Morgan fingerprint density at radius 2 is 2.00 bits per heavy atom. The largest absolute Gasteiger partial charge is 0.302 e. The Morgan fingerprint density at radius 1 is 1.33 bits per heavy atom. The number of nitrogens with one attached hydrogen (secondary N) is 2. The van der Waals surface area contributed by atoms with E-state index in [1.807, 2.05) is 6.92 Å². The van der Waals surface area contributed by atoms with Gasteiger partial charge in [-0.3, -0.25) is 9.82 Å². The van der Waals surface area contributed by atoms with Crippen molar-refractivity contribution in [3.05, 3.63) is 11.8 Å². The van der Waals surface area contributed by atoms with Crippen LogP contribution in [-0.2, 0) is 16.6 Å². The summed E-state index contributed by atoms with van der Waals surface area (Å²) in [5.74, 6) is 0.488. The second kappa shape index (κ2) is 5.71. The molecular weight excluding hydrogens is 252 g/mol. The maximum Gasteiger partial charge on any atom is 0.302 e. The molecule has 0 spiro atoms. The Morgan fingerprint density at radius 3 is 2.61 bits per heavy atom. The number of nitrogens with zero attached hydrogens (tertiary/aromatic N) is 2. The van der Waals surface area contributed by atoms with Crippen molar-refractivity contribution in [1.29, 1.82) is 0 Å². The number of aromatic nitrogens is 2. The van der Waals surface area contributed by atoms with Crippen molar-refractivity contribution in [1.82, 2.24) is 14.5 Å². The van der Waals surface area contributed by atoms with Gasteiger partial charge in [-0.25, -0.2) is 0 Å². The summed E-state index contributed by atoms with van der Waals surface area (Å²) >= 11 is 0. The third-order valence-corrected chi connectivity index (χ3v) is 4.74. The van der Waals surface area contributed by atoms with E-state index in [-0.39, 0.29) is 0 Å². The molecule has 1 fully saturated rings. The average Bonchev–Trinajstić information content (AvgIpc) is 2.62. The molecule has 0 aliphatic carbocycles. The van der Waals surface area contributed by atoms with Crippen molar-refractivity contribution in [2.45, 2.75) is 39.0 Å². The Hall–Kier alpha value is -1.08. The fourth-order valence-corrected chi connectivity index (χ4v) is 3.45. The first kappa shape index (κ1) is 13.4. The molecule has 0 atom stereocenters. The number of rotatable bonds is 4. The van der Waals surface area contributed by atoms with Crippen LogP contribution in [-0.4, -0.2) is 36.0 Å². The van der Waals surface area contributed by atoms with Crippen LogP contribution in [0.3, 0.4) is 0 Å². The maximum atomic E-state index is 12.2. The molecular formula is C11H20N4O2S. The first-order valence-corrected chi connectivity index (χ1v) is 7.87. The highest BCUT2D eigenvalue weighted by molar-refractivity contribution is 7.90. The van der Waals surface area contributed by atoms with E-state index in [2.05, 4.69) is 14.9 Å². The lowest BCUT2D eigenvalue weighted by molar-refractivity contribution is 0.427. The monoisotopic (exact) mass is 272 g/mol. The van der Waals surface area contributed by atoms with E-state index in [0.29, 0.717) is 18.9 Å². The molecule has 0 radical (unpaired) electrons. The summed E-state index contributed by atoms with van der Waals surface area (Å²) in [6.45, 7) is 3.17. The van der Waals surface area contributed by atoms with Gasteiger partial charge >= 0.3 is 10.2 Å². The lowest BCUT2D eigenvalue weighted by Crippen LogP contribution is -2.36. The van der Waals surface area contributed by atoms with E-state index in [1.165, 1.54) is 4.31 Å². The third kappa shape index (κ3) is 3.02. The Kier molecular flexibility index (Phi) is 4.23. The van der Waals surface area contributed by atoms with Gasteiger partial charge in [0.2, 0.25) is 0 Å². The summed E-state index contributed by atoms with van der Waals surface area (Å²) in [6.07, 6.45) is 6.48. The van der Waals surface area contributed by atoms with Crippen molar-refractivity contribution in [2.24, 2.45) is 0 Å². The summed E-state index contributed by atoms with van der Waals surface area (Å²) in [5.41, 5.74) is 0.883. The molecule has 0 aromatic carbocycles. The molecule has 1 aromatic heterocycles. The standard InChI is InChI=1S/C11H20N4O2S/c1-2-10-9-12-13-11(10)14-18(16,17)15-7-5-3-4-6-8-15/h9H,2-8H2,1H3,(H2,12,13,14). The van der Waals surface area contributed by atoms with Gasteiger partial charge in [-0.05, 0) is 19.3 Å². The van der Waals surface area contributed by atoms with Gasteiger partial charge in [0, 0.05) is 18.7 Å². The van der Waals surface area contributed by atoms with Crippen LogP contribution in [0.2, 0.25) is 0 Å². The Labute approximate surface area is 108 Å². The predicted molar refractivity (Wildman–Crippen MR) is 70.5 cm³/mol. The molecule has 0 bridgehead atoms. The number of aryl methyl sites for hydroxylation is 1. The highest BCUT2D eigenvalue weighted by Gasteiger charge is 2.24. The van der Waals surface area contributed by atoms with Crippen LogP contribution in [0.25, 0.3) is 0 Å². The number of anilines is 1. The lowest BCUT2D eigenvalue weighted by atomic mass is 10.2. The van der Waals surface area contributed by atoms with Gasteiger partial charge in [0.25, 0.3) is 0 Å². The van der Waals surface area contributed by atoms with E-state index < -0.39 is 10.2 Å². The van der Waals surface area contributed by atoms with Crippen molar-refractivity contribution in [3.63, 3.8) is 0 Å². The highest BCUT2D eigenvalue weighted by atomic mass is 32.2. The number of H-pyrrole nitrogens is 1. The summed E-state index contributed by atoms with van der Waals surface area (Å²) in [7, 11) is -3.45. The van der Waals surface area contributed by atoms with Gasteiger partial charge < -0.3 is 0 Å². The van der Waals surface area contributed by atoms with E-state index in [1.54, 1.807) is 6.20 Å². The quantitative estimate of drug-likeness (QED) is 0.872. The van der Waals surface area contributed by atoms with E-state index >= 15 is 0 Å². The summed E-state index contributed by atoms with van der Waals surface area (Å²) in [4.78, 5) is 0. The molecule has 1 aliphatic heterocycles. The number of aromatic amines is 1. The fourth-order valence-electron chi connectivity index (χ4n) is 2.14. The van der Waals surface area contributed by atoms with Gasteiger partial charge in [-0.15, -0.1) is 0 Å². The minimum Gasteiger partial charge on any atom is -0.262 e. The molecule has 1 aromatic rings. The van der Waals surface area contributed by atoms with Crippen LogP contribution in [0, 0.1) is 0 Å². The van der Waals surface area contributed by atoms with Crippen molar-refractivity contribution in [3.8, 4) is 0 Å². The number of hydrogen-bond acceptors (Lipinski definition) is 3. The molecule has 2 N–H and O–H groups in total. The minimum atomic E-state index is -3.45. The minimum absolute atomic E-state index is 0.488. The van der Waals surface area contributed by atoms with Crippen LogP contribution < -0.4 is 4.72 Å². The Balaban J connectivity index is 2.11. The summed E-state index contributed by atoms with van der Waals surface area (Å²) in [6, 6.07) is 0. The third-order valence-electron chi connectivity index (χ3n) is 3.23. The zero-order valence-corrected chi connectivity index (χ0v) is 11.5. The predicted octanol–water partition coefficient (Wildman–Crippen LogP) is 1.50. The number of hydrogen-bond donors (Lipinski definition) is 2. The molecule has 0 saturated carbocycles. The highest BCUT2D eigenvalue weighted by Crippen LogP contribution is 2.18. The lowest BCUT2D eigenvalue weighted by Gasteiger charge is -2.20. The van der Waals surface area contributed by atoms with Crippen LogP contribution in [0.5, 0.6) is 0 Å². The topological polar surface area (TPSA) is 78.1 Å². The molecule has 102 valence electrons. The summed E-state index contributed by atoms with van der Waals surface area (Å²) < 4.78 is 28.6.